The van der Waals surface area contributed by atoms with Crippen molar-refractivity contribution in [3.63, 3.8) is 0 Å². The Balaban J connectivity index is 2.04. The quantitative estimate of drug-likeness (QED) is 0.645. The lowest BCUT2D eigenvalue weighted by Crippen LogP contribution is -2.16. The van der Waals surface area contributed by atoms with Gasteiger partial charge in [-0.15, -0.1) is 5.10 Å². The van der Waals surface area contributed by atoms with Gasteiger partial charge in [0.05, 0.1) is 6.61 Å². The van der Waals surface area contributed by atoms with Crippen LogP contribution in [0, 0.1) is 12.8 Å². The van der Waals surface area contributed by atoms with Gasteiger partial charge in [0.15, 0.2) is 5.82 Å². The Hall–Kier alpha value is -2.95. The lowest BCUT2D eigenvalue weighted by Gasteiger charge is -2.07. The second-order valence-electron chi connectivity index (χ2n) is 7.01. The second kappa shape index (κ2) is 8.16. The summed E-state index contributed by atoms with van der Waals surface area (Å²) in [5.74, 6) is 0.621. The fraction of sp³-hybridized carbons (Fsp3) is 0.318. The van der Waals surface area contributed by atoms with Crippen molar-refractivity contribution in [3.05, 3.63) is 65.2 Å². The van der Waals surface area contributed by atoms with E-state index in [4.69, 9.17) is 4.74 Å². The van der Waals surface area contributed by atoms with Gasteiger partial charge in [-0.25, -0.2) is 0 Å². The Morgan fingerprint density at radius 1 is 1.11 bits per heavy atom. The Kier molecular flexibility index (Phi) is 5.69. The average Bonchev–Trinajstić information content (AvgIpc) is 3.10. The summed E-state index contributed by atoms with van der Waals surface area (Å²) in [5, 5.41) is 4.35. The van der Waals surface area contributed by atoms with Crippen LogP contribution in [0.3, 0.4) is 0 Å². The SMILES string of the molecule is CCc1ccc(-c2nc(OCC(C)C)nn2C(=O)c2ccccc2C)cc1. The first-order chi connectivity index (χ1) is 13.0. The molecule has 3 aromatic rings. The van der Waals surface area contributed by atoms with Gasteiger partial charge in [-0.2, -0.15) is 9.67 Å². The van der Waals surface area contributed by atoms with Crippen molar-refractivity contribution >= 4 is 5.91 Å². The maximum atomic E-state index is 13.1. The third-order valence-corrected chi connectivity index (χ3v) is 4.32. The Morgan fingerprint density at radius 2 is 1.81 bits per heavy atom. The van der Waals surface area contributed by atoms with Gasteiger partial charge in [-0.05, 0) is 36.5 Å². The standard InChI is InChI=1S/C22H25N3O2/c1-5-17-10-12-18(13-11-17)20-23-22(27-14-15(2)3)24-25(20)21(26)19-9-7-6-8-16(19)4/h6-13,15H,5,14H2,1-4H3. The van der Waals surface area contributed by atoms with Crippen LogP contribution in [0.5, 0.6) is 6.01 Å². The first kappa shape index (κ1) is 18.8. The van der Waals surface area contributed by atoms with Gasteiger partial charge >= 0.3 is 6.01 Å². The van der Waals surface area contributed by atoms with E-state index in [1.165, 1.54) is 10.2 Å². The van der Waals surface area contributed by atoms with E-state index in [0.717, 1.165) is 17.5 Å². The number of carbonyl (C=O) groups is 1. The zero-order valence-corrected chi connectivity index (χ0v) is 16.3. The Bertz CT molecular complexity index is 927. The molecule has 0 aliphatic heterocycles. The maximum Gasteiger partial charge on any atom is 0.336 e. The number of ether oxygens (including phenoxy) is 1. The molecule has 0 aliphatic carbocycles. The number of aryl methyl sites for hydroxylation is 2. The van der Waals surface area contributed by atoms with Crippen LogP contribution >= 0.6 is 0 Å². The van der Waals surface area contributed by atoms with E-state index in [2.05, 4.69) is 30.9 Å². The van der Waals surface area contributed by atoms with E-state index in [1.54, 1.807) is 6.07 Å². The summed E-state index contributed by atoms with van der Waals surface area (Å²) in [7, 11) is 0. The van der Waals surface area contributed by atoms with E-state index in [-0.39, 0.29) is 11.9 Å². The van der Waals surface area contributed by atoms with E-state index in [9.17, 15) is 4.79 Å². The monoisotopic (exact) mass is 363 g/mol. The van der Waals surface area contributed by atoms with Crippen LogP contribution < -0.4 is 4.74 Å². The van der Waals surface area contributed by atoms with E-state index in [1.807, 2.05) is 49.4 Å². The molecule has 1 aromatic heterocycles. The van der Waals surface area contributed by atoms with Gasteiger partial charge in [-0.1, -0.05) is 63.2 Å². The molecule has 0 aliphatic rings. The largest absolute Gasteiger partial charge is 0.462 e. The van der Waals surface area contributed by atoms with Crippen LogP contribution in [0.1, 0.15) is 42.3 Å². The fourth-order valence-electron chi connectivity index (χ4n) is 2.74. The molecule has 0 amide bonds. The lowest BCUT2D eigenvalue weighted by molar-refractivity contribution is 0.0944. The van der Waals surface area contributed by atoms with Crippen LogP contribution in [0.25, 0.3) is 11.4 Å². The Labute approximate surface area is 160 Å². The fourth-order valence-corrected chi connectivity index (χ4v) is 2.74. The molecule has 0 fully saturated rings. The average molecular weight is 363 g/mol. The normalized spacial score (nSPS) is 11.0. The number of hydrogen-bond acceptors (Lipinski definition) is 4. The summed E-state index contributed by atoms with van der Waals surface area (Å²) in [6.45, 7) is 8.63. The third kappa shape index (κ3) is 4.25. The van der Waals surface area contributed by atoms with Crippen molar-refractivity contribution < 1.29 is 9.53 Å². The zero-order chi connectivity index (χ0) is 19.4. The number of rotatable bonds is 6. The van der Waals surface area contributed by atoms with E-state index >= 15 is 0 Å². The van der Waals surface area contributed by atoms with Gasteiger partial charge in [0.25, 0.3) is 5.91 Å². The summed E-state index contributed by atoms with van der Waals surface area (Å²) < 4.78 is 7.02. The molecule has 0 bridgehead atoms. The van der Waals surface area contributed by atoms with Gasteiger partial charge in [0.2, 0.25) is 0 Å². The molecule has 5 heteroatoms. The Morgan fingerprint density at radius 3 is 2.44 bits per heavy atom. The lowest BCUT2D eigenvalue weighted by atomic mass is 10.1. The van der Waals surface area contributed by atoms with Crippen molar-refractivity contribution in [2.45, 2.75) is 34.1 Å². The molecule has 2 aromatic carbocycles. The van der Waals surface area contributed by atoms with Crippen molar-refractivity contribution in [1.82, 2.24) is 14.8 Å². The van der Waals surface area contributed by atoms with Crippen molar-refractivity contribution in [2.75, 3.05) is 6.61 Å². The zero-order valence-electron chi connectivity index (χ0n) is 16.3. The summed E-state index contributed by atoms with van der Waals surface area (Å²) in [6, 6.07) is 15.7. The van der Waals surface area contributed by atoms with Crippen LogP contribution in [0.2, 0.25) is 0 Å². The molecule has 1 heterocycles. The van der Waals surface area contributed by atoms with Crippen molar-refractivity contribution in [1.29, 1.82) is 0 Å². The van der Waals surface area contributed by atoms with E-state index in [0.29, 0.717) is 23.9 Å². The number of carbonyl (C=O) groups excluding carboxylic acids is 1. The topological polar surface area (TPSA) is 57.0 Å². The van der Waals surface area contributed by atoms with Gasteiger partial charge in [0.1, 0.15) is 0 Å². The molecule has 3 rings (SSSR count). The summed E-state index contributed by atoms with van der Waals surface area (Å²) in [6.07, 6.45) is 0.956. The van der Waals surface area contributed by atoms with Crippen LogP contribution in [0.15, 0.2) is 48.5 Å². The summed E-state index contributed by atoms with van der Waals surface area (Å²) in [4.78, 5) is 17.6. The maximum absolute atomic E-state index is 13.1. The molecule has 27 heavy (non-hydrogen) atoms. The number of hydrogen-bond donors (Lipinski definition) is 0. The molecular weight excluding hydrogens is 338 g/mol. The highest BCUT2D eigenvalue weighted by atomic mass is 16.5. The van der Waals surface area contributed by atoms with Crippen LogP contribution in [-0.2, 0) is 6.42 Å². The molecule has 0 unspecified atom stereocenters. The number of nitrogens with zero attached hydrogens (tertiary/aromatic N) is 3. The smallest absolute Gasteiger partial charge is 0.336 e. The molecule has 0 saturated heterocycles. The molecule has 140 valence electrons. The highest BCUT2D eigenvalue weighted by Crippen LogP contribution is 2.23. The molecule has 0 N–H and O–H groups in total. The number of aromatic nitrogens is 3. The first-order valence-electron chi connectivity index (χ1n) is 9.29. The minimum atomic E-state index is -0.213. The first-order valence-corrected chi connectivity index (χ1v) is 9.29. The van der Waals surface area contributed by atoms with Gasteiger partial charge in [0, 0.05) is 11.1 Å². The van der Waals surface area contributed by atoms with Crippen LogP contribution in [-0.4, -0.2) is 27.3 Å². The third-order valence-electron chi connectivity index (χ3n) is 4.32. The summed E-state index contributed by atoms with van der Waals surface area (Å²) >= 11 is 0. The van der Waals surface area contributed by atoms with E-state index < -0.39 is 0 Å². The van der Waals surface area contributed by atoms with Gasteiger partial charge < -0.3 is 4.74 Å². The predicted octanol–water partition coefficient (Wildman–Crippen LogP) is 4.54. The van der Waals surface area contributed by atoms with Crippen molar-refractivity contribution in [3.8, 4) is 17.4 Å². The number of benzene rings is 2. The van der Waals surface area contributed by atoms with Crippen LogP contribution in [0.4, 0.5) is 0 Å². The molecule has 0 saturated carbocycles. The predicted molar refractivity (Wildman–Crippen MR) is 106 cm³/mol. The highest BCUT2D eigenvalue weighted by molar-refractivity contribution is 5.98. The molecule has 0 atom stereocenters. The highest BCUT2D eigenvalue weighted by Gasteiger charge is 2.21. The minimum Gasteiger partial charge on any atom is -0.462 e. The molecular formula is C22H25N3O2. The van der Waals surface area contributed by atoms with Gasteiger partial charge in [-0.3, -0.25) is 4.79 Å². The molecule has 5 nitrogen and oxygen atoms in total. The second-order valence-corrected chi connectivity index (χ2v) is 7.01. The minimum absolute atomic E-state index is 0.213. The van der Waals surface area contributed by atoms with Crippen molar-refractivity contribution in [2.24, 2.45) is 5.92 Å². The molecule has 0 radical (unpaired) electrons. The molecule has 0 spiro atoms. The summed E-state index contributed by atoms with van der Waals surface area (Å²) in [5.41, 5.74) is 3.56.